The fourth-order valence-electron chi connectivity index (χ4n) is 3.59. The van der Waals surface area contributed by atoms with Gasteiger partial charge in [0, 0.05) is 24.8 Å². The van der Waals surface area contributed by atoms with E-state index in [9.17, 15) is 4.79 Å². The smallest absolute Gasteiger partial charge is 0.227 e. The molecule has 2 aliphatic rings. The molecule has 3 atom stereocenters. The molecule has 0 aliphatic carbocycles. The first-order chi connectivity index (χ1) is 10.1. The van der Waals surface area contributed by atoms with Gasteiger partial charge in [0.25, 0.3) is 0 Å². The number of benzene rings is 1. The molecule has 3 rings (SSSR count). The monoisotopic (exact) mass is 287 g/mol. The molecule has 1 aromatic carbocycles. The zero-order valence-corrected chi connectivity index (χ0v) is 12.9. The predicted molar refractivity (Wildman–Crippen MR) is 85.5 cm³/mol. The second kappa shape index (κ2) is 6.06. The number of amides is 1. The molecule has 0 aromatic heterocycles. The third kappa shape index (κ3) is 3.05. The Morgan fingerprint density at radius 3 is 2.95 bits per heavy atom. The van der Waals surface area contributed by atoms with Gasteiger partial charge in [-0.25, -0.2) is 0 Å². The van der Waals surface area contributed by atoms with Gasteiger partial charge < -0.3 is 15.5 Å². The summed E-state index contributed by atoms with van der Waals surface area (Å²) < 4.78 is 0. The molecular formula is C17H25N3O. The van der Waals surface area contributed by atoms with E-state index in [1.807, 2.05) is 12.1 Å². The number of hydrogen-bond donors (Lipinski definition) is 2. The molecule has 2 aliphatic heterocycles. The van der Waals surface area contributed by atoms with Crippen LogP contribution in [0.3, 0.4) is 0 Å². The van der Waals surface area contributed by atoms with Crippen LogP contribution >= 0.6 is 0 Å². The zero-order valence-electron chi connectivity index (χ0n) is 12.9. The molecule has 1 aromatic rings. The minimum Gasteiger partial charge on any atom is -0.385 e. The number of nitrogens with zero attached hydrogens (tertiary/aromatic N) is 1. The second-order valence-corrected chi connectivity index (χ2v) is 6.50. The van der Waals surface area contributed by atoms with E-state index in [4.69, 9.17) is 0 Å². The molecule has 21 heavy (non-hydrogen) atoms. The molecule has 1 fully saturated rings. The fraction of sp³-hybridized carbons (Fsp3) is 0.588. The highest BCUT2D eigenvalue weighted by molar-refractivity contribution is 5.86. The first-order valence-corrected chi connectivity index (χ1v) is 7.97. The van der Waals surface area contributed by atoms with Crippen LogP contribution in [0.1, 0.15) is 31.2 Å². The van der Waals surface area contributed by atoms with Crippen molar-refractivity contribution in [3.05, 3.63) is 29.8 Å². The molecule has 1 amide bonds. The van der Waals surface area contributed by atoms with Crippen LogP contribution in [-0.2, 0) is 4.79 Å². The molecule has 2 N–H and O–H groups in total. The summed E-state index contributed by atoms with van der Waals surface area (Å²) in [5.74, 6) is 0.712. The maximum absolute atomic E-state index is 12.7. The second-order valence-electron chi connectivity index (χ2n) is 6.50. The Labute approximate surface area is 126 Å². The molecule has 2 heterocycles. The maximum Gasteiger partial charge on any atom is 0.227 e. The minimum atomic E-state index is -0.00527. The van der Waals surface area contributed by atoms with Gasteiger partial charge >= 0.3 is 0 Å². The predicted octanol–water partition coefficient (Wildman–Crippen LogP) is 2.04. The highest BCUT2D eigenvalue weighted by Crippen LogP contribution is 2.31. The van der Waals surface area contributed by atoms with Gasteiger partial charge in [-0.05, 0) is 44.0 Å². The number of anilines is 1. The first-order valence-electron chi connectivity index (χ1n) is 7.97. The summed E-state index contributed by atoms with van der Waals surface area (Å²) in [6.45, 7) is 5.24. The zero-order chi connectivity index (χ0) is 14.8. The van der Waals surface area contributed by atoms with Crippen molar-refractivity contribution < 1.29 is 4.79 Å². The fourth-order valence-corrected chi connectivity index (χ4v) is 3.59. The van der Waals surface area contributed by atoms with E-state index in [1.165, 1.54) is 0 Å². The lowest BCUT2D eigenvalue weighted by Gasteiger charge is -2.36. The Hall–Kier alpha value is -1.55. The number of carbonyl (C=O) groups is 1. The van der Waals surface area contributed by atoms with Crippen LogP contribution in [0.15, 0.2) is 24.3 Å². The van der Waals surface area contributed by atoms with Gasteiger partial charge in [-0.1, -0.05) is 25.1 Å². The Morgan fingerprint density at radius 2 is 2.14 bits per heavy atom. The molecule has 0 radical (unpaired) electrons. The van der Waals surface area contributed by atoms with Gasteiger partial charge in [-0.15, -0.1) is 0 Å². The Kier molecular flexibility index (Phi) is 4.15. The summed E-state index contributed by atoms with van der Waals surface area (Å²) in [5, 5.41) is 6.69. The summed E-state index contributed by atoms with van der Waals surface area (Å²) in [6.07, 6.45) is 1.93. The van der Waals surface area contributed by atoms with Crippen molar-refractivity contribution in [2.45, 2.75) is 31.7 Å². The molecule has 4 nitrogen and oxygen atoms in total. The van der Waals surface area contributed by atoms with E-state index >= 15 is 0 Å². The lowest BCUT2D eigenvalue weighted by Crippen LogP contribution is -2.50. The van der Waals surface area contributed by atoms with E-state index < -0.39 is 0 Å². The highest BCUT2D eigenvalue weighted by Gasteiger charge is 2.30. The van der Waals surface area contributed by atoms with Crippen LogP contribution in [0.2, 0.25) is 0 Å². The van der Waals surface area contributed by atoms with E-state index in [0.29, 0.717) is 12.0 Å². The Morgan fingerprint density at radius 1 is 1.33 bits per heavy atom. The quantitative estimate of drug-likeness (QED) is 0.875. The van der Waals surface area contributed by atoms with Crippen molar-refractivity contribution in [3.8, 4) is 0 Å². The lowest BCUT2D eigenvalue weighted by atomic mass is 9.88. The number of piperidine rings is 1. The molecule has 0 bridgehead atoms. The molecule has 3 unspecified atom stereocenters. The van der Waals surface area contributed by atoms with Crippen LogP contribution in [-0.4, -0.2) is 43.5 Å². The summed E-state index contributed by atoms with van der Waals surface area (Å²) in [4.78, 5) is 15.0. The molecule has 1 saturated heterocycles. The van der Waals surface area contributed by atoms with Crippen LogP contribution in [0, 0.1) is 5.92 Å². The topological polar surface area (TPSA) is 44.4 Å². The lowest BCUT2D eigenvalue weighted by molar-refractivity contribution is -0.124. The van der Waals surface area contributed by atoms with Crippen molar-refractivity contribution in [2.75, 3.05) is 32.0 Å². The van der Waals surface area contributed by atoms with Crippen LogP contribution in [0.4, 0.5) is 5.69 Å². The van der Waals surface area contributed by atoms with Crippen molar-refractivity contribution >= 4 is 11.6 Å². The Balaban J connectivity index is 1.69. The van der Waals surface area contributed by atoms with Gasteiger partial charge in [-0.2, -0.15) is 0 Å². The van der Waals surface area contributed by atoms with Crippen molar-refractivity contribution in [1.29, 1.82) is 0 Å². The number of rotatable bonds is 2. The summed E-state index contributed by atoms with van der Waals surface area (Å²) in [7, 11) is 2.15. The molecule has 0 saturated carbocycles. The van der Waals surface area contributed by atoms with E-state index in [0.717, 1.165) is 43.7 Å². The normalized spacial score (nSPS) is 29.3. The van der Waals surface area contributed by atoms with E-state index in [-0.39, 0.29) is 11.8 Å². The number of fused-ring (bicyclic) bond motifs is 1. The van der Waals surface area contributed by atoms with Gasteiger partial charge in [-0.3, -0.25) is 4.79 Å². The van der Waals surface area contributed by atoms with Gasteiger partial charge in [0.15, 0.2) is 0 Å². The largest absolute Gasteiger partial charge is 0.385 e. The SMILES string of the molecule is CC1CN(C)CCC1NC(=O)C1CCNc2ccccc21. The summed E-state index contributed by atoms with van der Waals surface area (Å²) in [5.41, 5.74) is 2.25. The third-order valence-electron chi connectivity index (χ3n) is 4.84. The summed E-state index contributed by atoms with van der Waals surface area (Å²) >= 11 is 0. The Bertz CT molecular complexity index is 517. The summed E-state index contributed by atoms with van der Waals surface area (Å²) in [6, 6.07) is 8.49. The number of nitrogens with one attached hydrogen (secondary N) is 2. The average Bonchev–Trinajstić information content (AvgIpc) is 2.49. The first kappa shape index (κ1) is 14.4. The van der Waals surface area contributed by atoms with Crippen molar-refractivity contribution in [1.82, 2.24) is 10.2 Å². The van der Waals surface area contributed by atoms with Crippen LogP contribution in [0.25, 0.3) is 0 Å². The molecule has 4 heteroatoms. The average molecular weight is 287 g/mol. The van der Waals surface area contributed by atoms with Gasteiger partial charge in [0.05, 0.1) is 5.92 Å². The maximum atomic E-state index is 12.7. The molecule has 114 valence electrons. The third-order valence-corrected chi connectivity index (χ3v) is 4.84. The molecular weight excluding hydrogens is 262 g/mol. The van der Waals surface area contributed by atoms with Gasteiger partial charge in [0.2, 0.25) is 5.91 Å². The highest BCUT2D eigenvalue weighted by atomic mass is 16.2. The van der Waals surface area contributed by atoms with Gasteiger partial charge in [0.1, 0.15) is 0 Å². The number of hydrogen-bond acceptors (Lipinski definition) is 3. The minimum absolute atomic E-state index is 0.00527. The van der Waals surface area contributed by atoms with Crippen molar-refractivity contribution in [2.24, 2.45) is 5.92 Å². The van der Waals surface area contributed by atoms with E-state index in [1.54, 1.807) is 0 Å². The number of carbonyl (C=O) groups excluding carboxylic acids is 1. The molecule has 0 spiro atoms. The van der Waals surface area contributed by atoms with E-state index in [2.05, 4.69) is 41.6 Å². The van der Waals surface area contributed by atoms with Crippen LogP contribution < -0.4 is 10.6 Å². The van der Waals surface area contributed by atoms with Crippen molar-refractivity contribution in [3.63, 3.8) is 0 Å². The van der Waals surface area contributed by atoms with Crippen LogP contribution in [0.5, 0.6) is 0 Å². The number of para-hydroxylation sites is 1. The standard InChI is InChI=1S/C17H25N3O/c1-12-11-20(2)10-8-15(12)19-17(21)14-7-9-18-16-6-4-3-5-13(14)16/h3-6,12,14-15,18H,7-11H2,1-2H3,(H,19,21). The number of likely N-dealkylation sites (tertiary alicyclic amines) is 1.